The molecule has 0 unspecified atom stereocenters. The number of aliphatic carboxylic acids is 2. The normalized spacial score (nSPS) is 10.7. The van der Waals surface area contributed by atoms with Crippen molar-refractivity contribution in [2.75, 3.05) is 63.4 Å². The van der Waals surface area contributed by atoms with E-state index in [4.69, 9.17) is 40.2 Å². The summed E-state index contributed by atoms with van der Waals surface area (Å²) in [6.45, 7) is 3.35. The molecule has 4 N–H and O–H groups in total. The van der Waals surface area contributed by atoms with E-state index in [1.165, 1.54) is 172 Å². The standard InChI is InChI=1S/C35H74O4P2.2C2H4O2.Pd/c36-26-17-9-1-5-13-21-30-40(31-22-14-6-2-10-18-27-37)34-25-35-41(32-23-15-7-3-11-19-28-38)33-24-16-8-4-12-20-29-39;2*1-2(3)4;/h36-39H,1-35H2;2*1H3,(H,3,4);/q;;;+2/p-2. The van der Waals surface area contributed by atoms with Gasteiger partial charge in [0.2, 0.25) is 0 Å². The topological polar surface area (TPSA) is 161 Å². The van der Waals surface area contributed by atoms with E-state index >= 15 is 0 Å². The molecule has 0 aliphatic carbocycles. The molecule has 0 atom stereocenters. The number of hydrogen-bond donors (Lipinski definition) is 4. The van der Waals surface area contributed by atoms with Crippen LogP contribution in [0.1, 0.15) is 174 Å². The SMILES string of the molecule is CC(=O)[O-].CC(=O)[O-].OCCCCCCCCP(CCCCCCCCO)CCCP(CCCCCCCCO)CCCCCCCCO.[Pd+2]. The summed E-state index contributed by atoms with van der Waals surface area (Å²) in [6, 6.07) is 0. The van der Waals surface area contributed by atoms with Crippen molar-refractivity contribution in [2.24, 2.45) is 0 Å². The van der Waals surface area contributed by atoms with Crippen molar-refractivity contribution in [2.45, 2.75) is 174 Å². The van der Waals surface area contributed by atoms with Gasteiger partial charge in [-0.25, -0.2) is 0 Å². The molecule has 0 aromatic rings. The molecule has 0 aliphatic heterocycles. The van der Waals surface area contributed by atoms with Crippen molar-refractivity contribution in [1.29, 1.82) is 0 Å². The summed E-state index contributed by atoms with van der Waals surface area (Å²) in [5, 5.41) is 53.8. The van der Waals surface area contributed by atoms with Gasteiger partial charge in [-0.15, -0.1) is 15.8 Å². The van der Waals surface area contributed by atoms with E-state index in [1.807, 2.05) is 0 Å². The summed E-state index contributed by atoms with van der Waals surface area (Å²) in [4.78, 5) is 17.8. The monoisotopic (exact) mass is 844 g/mol. The number of carbonyl (C=O) groups is 2. The van der Waals surface area contributed by atoms with Crippen molar-refractivity contribution in [3.05, 3.63) is 0 Å². The first-order valence-corrected chi connectivity index (χ1v) is 23.8. The summed E-state index contributed by atoms with van der Waals surface area (Å²) in [5.41, 5.74) is 0. The Labute approximate surface area is 324 Å². The average Bonchev–Trinajstić information content (AvgIpc) is 3.05. The van der Waals surface area contributed by atoms with E-state index in [0.29, 0.717) is 26.4 Å². The van der Waals surface area contributed by atoms with Crippen molar-refractivity contribution in [1.82, 2.24) is 0 Å². The predicted octanol–water partition coefficient (Wildman–Crippen LogP) is 7.18. The van der Waals surface area contributed by atoms with Gasteiger partial charge in [-0.1, -0.05) is 103 Å². The zero-order valence-electron chi connectivity index (χ0n) is 32.4. The maximum atomic E-state index is 9.00. The molecule has 0 bridgehead atoms. The van der Waals surface area contributed by atoms with Gasteiger partial charge in [0.15, 0.2) is 0 Å². The van der Waals surface area contributed by atoms with Crippen LogP contribution in [0.25, 0.3) is 0 Å². The number of carboxylic acids is 2. The Bertz CT molecular complexity index is 553. The molecule has 0 aromatic heterocycles. The molecule has 0 spiro atoms. The van der Waals surface area contributed by atoms with Gasteiger partial charge >= 0.3 is 20.4 Å². The molecule has 0 aromatic carbocycles. The van der Waals surface area contributed by atoms with Crippen molar-refractivity contribution >= 4 is 27.8 Å². The van der Waals surface area contributed by atoms with E-state index in [9.17, 15) is 0 Å². The van der Waals surface area contributed by atoms with Gasteiger partial charge < -0.3 is 40.2 Å². The minimum Gasteiger partial charge on any atom is -0.550 e. The van der Waals surface area contributed by atoms with Crippen molar-refractivity contribution in [3.63, 3.8) is 0 Å². The molecule has 0 amide bonds. The molecular formula is C39H80O8P2Pd. The number of carboxylic acid groups (broad SMARTS) is 2. The molecule has 50 heavy (non-hydrogen) atoms. The van der Waals surface area contributed by atoms with Gasteiger partial charge in [-0.2, -0.15) is 0 Å². The number of unbranched alkanes of at least 4 members (excludes halogenated alkanes) is 20. The summed E-state index contributed by atoms with van der Waals surface area (Å²) in [6.07, 6.45) is 40.8. The van der Waals surface area contributed by atoms with E-state index in [1.54, 1.807) is 0 Å². The van der Waals surface area contributed by atoms with Crippen LogP contribution in [-0.2, 0) is 30.0 Å². The summed E-state index contributed by atoms with van der Waals surface area (Å²) < 4.78 is 0. The first-order chi connectivity index (χ1) is 23.7. The summed E-state index contributed by atoms with van der Waals surface area (Å²) in [5.74, 6) is -2.17. The number of hydrogen-bond acceptors (Lipinski definition) is 8. The van der Waals surface area contributed by atoms with Gasteiger partial charge in [0.25, 0.3) is 0 Å². The second-order valence-corrected chi connectivity index (χ2v) is 18.8. The fraction of sp³-hybridized carbons (Fsp3) is 0.949. The van der Waals surface area contributed by atoms with Gasteiger partial charge in [-0.3, -0.25) is 0 Å². The molecule has 0 heterocycles. The second kappa shape index (κ2) is 51.4. The van der Waals surface area contributed by atoms with Crippen LogP contribution >= 0.6 is 15.8 Å². The molecule has 0 saturated heterocycles. The summed E-state index contributed by atoms with van der Waals surface area (Å²) >= 11 is 0. The Kier molecular flexibility index (Phi) is 58.6. The Balaban J connectivity index is -0.00000105. The number of aliphatic hydroxyl groups is 4. The molecule has 0 fully saturated rings. The molecule has 8 nitrogen and oxygen atoms in total. The van der Waals surface area contributed by atoms with E-state index in [-0.39, 0.29) is 36.3 Å². The van der Waals surface area contributed by atoms with Crippen LogP contribution in [0, 0.1) is 0 Å². The Morgan fingerprint density at radius 2 is 0.480 bits per heavy atom. The smallest absolute Gasteiger partial charge is 0.550 e. The fourth-order valence-corrected chi connectivity index (χ4v) is 11.3. The average molecular weight is 845 g/mol. The van der Waals surface area contributed by atoms with Gasteiger partial charge in [0.05, 0.1) is 0 Å². The Morgan fingerprint density at radius 1 is 0.340 bits per heavy atom. The molecule has 0 rings (SSSR count). The van der Waals surface area contributed by atoms with Crippen LogP contribution in [0.5, 0.6) is 0 Å². The van der Waals surface area contributed by atoms with Crippen LogP contribution < -0.4 is 10.2 Å². The largest absolute Gasteiger partial charge is 2.00 e. The summed E-state index contributed by atoms with van der Waals surface area (Å²) in [7, 11) is 0.387. The predicted molar refractivity (Wildman–Crippen MR) is 208 cm³/mol. The van der Waals surface area contributed by atoms with Crippen molar-refractivity contribution in [3.8, 4) is 0 Å². The van der Waals surface area contributed by atoms with Crippen LogP contribution in [-0.4, -0.2) is 95.8 Å². The van der Waals surface area contributed by atoms with E-state index in [2.05, 4.69) is 0 Å². The third-order valence-corrected chi connectivity index (χ3v) is 14.2. The fourth-order valence-electron chi connectivity index (χ4n) is 5.81. The zero-order valence-corrected chi connectivity index (χ0v) is 35.7. The molecule has 0 saturated carbocycles. The number of aliphatic hydroxyl groups excluding tert-OH is 4. The number of rotatable bonds is 36. The van der Waals surface area contributed by atoms with Gasteiger partial charge in [-0.05, 0) is 109 Å². The third kappa shape index (κ3) is 60.4. The van der Waals surface area contributed by atoms with Crippen LogP contribution in [0.3, 0.4) is 0 Å². The molecule has 304 valence electrons. The molecule has 0 radical (unpaired) electrons. The number of carbonyl (C=O) groups excluding carboxylic acids is 2. The van der Waals surface area contributed by atoms with E-state index < -0.39 is 11.9 Å². The zero-order chi connectivity index (χ0) is 37.1. The van der Waals surface area contributed by atoms with Gasteiger partial charge in [0, 0.05) is 38.4 Å². The first kappa shape index (κ1) is 57.0. The second-order valence-electron chi connectivity index (χ2n) is 13.4. The van der Waals surface area contributed by atoms with E-state index in [0.717, 1.165) is 39.5 Å². The maximum Gasteiger partial charge on any atom is 2.00 e. The third-order valence-electron chi connectivity index (χ3n) is 8.48. The molecule has 11 heteroatoms. The first-order valence-electron chi connectivity index (χ1n) is 20.0. The molecular weight excluding hydrogens is 765 g/mol. The maximum absolute atomic E-state index is 9.00. The quantitative estimate of drug-likeness (QED) is 0.0293. The Morgan fingerprint density at radius 3 is 0.660 bits per heavy atom. The van der Waals surface area contributed by atoms with Crippen LogP contribution in [0.4, 0.5) is 0 Å². The van der Waals surface area contributed by atoms with Crippen LogP contribution in [0.2, 0.25) is 0 Å². The Hall–Kier alpha value is 0.302. The van der Waals surface area contributed by atoms with Crippen LogP contribution in [0.15, 0.2) is 0 Å². The molecule has 0 aliphatic rings. The van der Waals surface area contributed by atoms with Crippen molar-refractivity contribution < 1.29 is 60.7 Å². The van der Waals surface area contributed by atoms with Gasteiger partial charge in [0.1, 0.15) is 0 Å². The minimum atomic E-state index is -1.08. The minimum absolute atomic E-state index is 0.